The van der Waals surface area contributed by atoms with Gasteiger partial charge in [-0.3, -0.25) is 9.36 Å². The highest BCUT2D eigenvalue weighted by atomic mass is 19.4. The Hall–Kier alpha value is -4.01. The molecule has 1 saturated heterocycles. The van der Waals surface area contributed by atoms with Gasteiger partial charge in [0.15, 0.2) is 17.2 Å². The molecule has 1 aliphatic heterocycles. The van der Waals surface area contributed by atoms with Gasteiger partial charge in [-0.1, -0.05) is 0 Å². The second-order valence-corrected chi connectivity index (χ2v) is 7.46. The Bertz CT molecular complexity index is 1310. The number of rotatable bonds is 4. The third kappa shape index (κ3) is 4.05. The summed E-state index contributed by atoms with van der Waals surface area (Å²) in [7, 11) is 1.14. The maximum atomic E-state index is 14.4. The number of aromatic nitrogens is 3. The van der Waals surface area contributed by atoms with E-state index in [1.807, 2.05) is 0 Å². The molecular formula is C22H16F5N5O2. The van der Waals surface area contributed by atoms with E-state index in [0.717, 1.165) is 31.5 Å². The van der Waals surface area contributed by atoms with Crippen molar-refractivity contribution < 1.29 is 31.5 Å². The van der Waals surface area contributed by atoms with Gasteiger partial charge in [-0.15, -0.1) is 0 Å². The summed E-state index contributed by atoms with van der Waals surface area (Å²) in [5.74, 6) is -3.90. The molecule has 12 heteroatoms. The molecule has 34 heavy (non-hydrogen) atoms. The van der Waals surface area contributed by atoms with Crippen molar-refractivity contribution in [1.82, 2.24) is 19.4 Å². The Morgan fingerprint density at radius 3 is 2.41 bits per heavy atom. The second kappa shape index (κ2) is 8.74. The molecule has 176 valence electrons. The number of pyridine rings is 1. The van der Waals surface area contributed by atoms with Gasteiger partial charge in [0.2, 0.25) is 5.88 Å². The van der Waals surface area contributed by atoms with Gasteiger partial charge in [-0.2, -0.15) is 18.4 Å². The average molecular weight is 477 g/mol. The maximum Gasteiger partial charge on any atom is 0.434 e. The van der Waals surface area contributed by atoms with E-state index in [1.54, 1.807) is 6.07 Å². The molecule has 2 aromatic heterocycles. The topological polar surface area (TPSA) is 84.0 Å². The first kappa shape index (κ1) is 23.2. The van der Waals surface area contributed by atoms with Crippen LogP contribution < -0.4 is 4.74 Å². The van der Waals surface area contributed by atoms with Crippen LogP contribution in [-0.4, -0.2) is 45.5 Å². The molecule has 1 aliphatic rings. The molecular weight excluding hydrogens is 461 g/mol. The highest BCUT2D eigenvalue weighted by Gasteiger charge is 2.44. The van der Waals surface area contributed by atoms with E-state index in [1.165, 1.54) is 11.0 Å². The van der Waals surface area contributed by atoms with Crippen LogP contribution in [0.15, 0.2) is 30.5 Å². The van der Waals surface area contributed by atoms with Crippen LogP contribution >= 0.6 is 0 Å². The zero-order valence-electron chi connectivity index (χ0n) is 17.7. The molecule has 0 aliphatic carbocycles. The minimum absolute atomic E-state index is 0.154. The lowest BCUT2D eigenvalue weighted by Gasteiger charge is -2.17. The summed E-state index contributed by atoms with van der Waals surface area (Å²) < 4.78 is 77.0. The third-order valence-corrected chi connectivity index (χ3v) is 5.33. The van der Waals surface area contributed by atoms with Crippen LogP contribution in [0.4, 0.5) is 22.0 Å². The average Bonchev–Trinajstić information content (AvgIpc) is 3.47. The molecule has 3 heterocycles. The molecule has 0 N–H and O–H groups in total. The van der Waals surface area contributed by atoms with Crippen LogP contribution in [0.2, 0.25) is 0 Å². The van der Waals surface area contributed by atoms with E-state index < -0.39 is 52.5 Å². The lowest BCUT2D eigenvalue weighted by molar-refractivity contribution is -0.142. The van der Waals surface area contributed by atoms with E-state index in [-0.39, 0.29) is 24.2 Å². The number of hydrogen-bond donors (Lipinski definition) is 0. The largest absolute Gasteiger partial charge is 0.479 e. The molecule has 0 saturated carbocycles. The fourth-order valence-electron chi connectivity index (χ4n) is 3.78. The number of hydrogen-bond acceptors (Lipinski definition) is 5. The lowest BCUT2D eigenvalue weighted by Crippen LogP contribution is -2.30. The second-order valence-electron chi connectivity index (χ2n) is 7.46. The third-order valence-electron chi connectivity index (χ3n) is 5.33. The van der Waals surface area contributed by atoms with E-state index in [9.17, 15) is 26.7 Å². The number of amides is 1. The standard InChI is InChI=1S/C22H16F5N5O2/c1-34-20-16(24)9-14(11-29-20)32-18(22(25,26)27)17(21(33)31-6-2-3-7-31)30-19(32)12-4-5-13(10-28)15(23)8-12/h4-5,8-9,11H,2-3,6-7H2,1H3. The van der Waals surface area contributed by atoms with Gasteiger partial charge in [0.05, 0.1) is 24.6 Å². The highest BCUT2D eigenvalue weighted by molar-refractivity contribution is 5.95. The molecule has 0 bridgehead atoms. The van der Waals surface area contributed by atoms with Crippen LogP contribution in [0.1, 0.15) is 34.6 Å². The predicted molar refractivity (Wildman–Crippen MR) is 108 cm³/mol. The zero-order chi connectivity index (χ0) is 24.6. The van der Waals surface area contributed by atoms with Crippen molar-refractivity contribution in [2.45, 2.75) is 19.0 Å². The molecule has 3 aromatic rings. The maximum absolute atomic E-state index is 14.4. The normalized spacial score (nSPS) is 13.7. The van der Waals surface area contributed by atoms with Gasteiger partial charge >= 0.3 is 6.18 Å². The van der Waals surface area contributed by atoms with Crippen LogP contribution in [0, 0.1) is 23.0 Å². The van der Waals surface area contributed by atoms with Crippen molar-refractivity contribution in [3.05, 3.63) is 59.0 Å². The summed E-state index contributed by atoms with van der Waals surface area (Å²) in [6.07, 6.45) is -2.89. The fourth-order valence-corrected chi connectivity index (χ4v) is 3.78. The molecule has 4 rings (SSSR count). The first-order valence-corrected chi connectivity index (χ1v) is 10.0. The number of imidazole rings is 1. The van der Waals surface area contributed by atoms with E-state index in [0.29, 0.717) is 17.4 Å². The Balaban J connectivity index is 2.03. The number of nitriles is 1. The number of alkyl halides is 3. The number of benzene rings is 1. The number of halogens is 5. The molecule has 1 amide bonds. The number of ether oxygens (including phenoxy) is 1. The summed E-state index contributed by atoms with van der Waals surface area (Å²) in [5.41, 5.74) is -3.23. The van der Waals surface area contributed by atoms with E-state index in [2.05, 4.69) is 9.97 Å². The highest BCUT2D eigenvalue weighted by Crippen LogP contribution is 2.39. The van der Waals surface area contributed by atoms with Crippen molar-refractivity contribution in [3.63, 3.8) is 0 Å². The first-order valence-electron chi connectivity index (χ1n) is 10.0. The summed E-state index contributed by atoms with van der Waals surface area (Å²) in [6.45, 7) is 0.533. The number of likely N-dealkylation sites (tertiary alicyclic amines) is 1. The van der Waals surface area contributed by atoms with Crippen LogP contribution in [0.3, 0.4) is 0 Å². The first-order chi connectivity index (χ1) is 16.2. The minimum Gasteiger partial charge on any atom is -0.479 e. The van der Waals surface area contributed by atoms with Gasteiger partial charge in [0.25, 0.3) is 5.91 Å². The summed E-state index contributed by atoms with van der Waals surface area (Å²) in [5, 5.41) is 8.97. The van der Waals surface area contributed by atoms with Crippen molar-refractivity contribution in [2.24, 2.45) is 0 Å². The van der Waals surface area contributed by atoms with Crippen molar-refractivity contribution in [2.75, 3.05) is 20.2 Å². The molecule has 1 fully saturated rings. The van der Waals surface area contributed by atoms with Crippen molar-refractivity contribution in [3.8, 4) is 29.0 Å². The molecule has 7 nitrogen and oxygen atoms in total. The Morgan fingerprint density at radius 2 is 1.85 bits per heavy atom. The number of nitrogens with zero attached hydrogens (tertiary/aromatic N) is 5. The number of methoxy groups -OCH3 is 1. The zero-order valence-corrected chi connectivity index (χ0v) is 17.7. The molecule has 0 atom stereocenters. The minimum atomic E-state index is -5.09. The van der Waals surface area contributed by atoms with E-state index in [4.69, 9.17) is 10.00 Å². The number of carbonyl (C=O) groups excluding carboxylic acids is 1. The van der Waals surface area contributed by atoms with Crippen molar-refractivity contribution >= 4 is 5.91 Å². The quantitative estimate of drug-likeness (QED) is 0.522. The van der Waals surface area contributed by atoms with Gasteiger partial charge in [-0.05, 0) is 31.0 Å². The SMILES string of the molecule is COc1ncc(-n2c(-c3ccc(C#N)c(F)c3)nc(C(=O)N3CCCC3)c2C(F)(F)F)cc1F. The predicted octanol–water partition coefficient (Wildman–Crippen LogP) is 4.35. The van der Waals surface area contributed by atoms with Crippen LogP contribution in [-0.2, 0) is 6.18 Å². The summed E-state index contributed by atoms with van der Waals surface area (Å²) >= 11 is 0. The van der Waals surface area contributed by atoms with Crippen LogP contribution in [0.25, 0.3) is 17.1 Å². The van der Waals surface area contributed by atoms with Crippen LogP contribution in [0.5, 0.6) is 5.88 Å². The van der Waals surface area contributed by atoms with E-state index >= 15 is 0 Å². The van der Waals surface area contributed by atoms with Gasteiger partial charge in [-0.25, -0.2) is 18.7 Å². The van der Waals surface area contributed by atoms with Gasteiger partial charge in [0.1, 0.15) is 17.7 Å². The Kier molecular flexibility index (Phi) is 5.95. The Labute approximate surface area is 190 Å². The molecule has 0 spiro atoms. The summed E-state index contributed by atoms with van der Waals surface area (Å²) in [4.78, 5) is 21.9. The van der Waals surface area contributed by atoms with Gasteiger partial charge < -0.3 is 9.64 Å². The smallest absolute Gasteiger partial charge is 0.434 e. The molecule has 0 unspecified atom stereocenters. The monoisotopic (exact) mass is 477 g/mol. The lowest BCUT2D eigenvalue weighted by atomic mass is 10.1. The molecule has 1 aromatic carbocycles. The van der Waals surface area contributed by atoms with Gasteiger partial charge in [0, 0.05) is 24.7 Å². The molecule has 0 radical (unpaired) electrons. The fraction of sp³-hybridized carbons (Fsp3) is 0.273. The van der Waals surface area contributed by atoms with Crippen molar-refractivity contribution in [1.29, 1.82) is 5.26 Å². The Morgan fingerprint density at radius 1 is 1.15 bits per heavy atom. The number of carbonyl (C=O) groups is 1. The summed E-state index contributed by atoms with van der Waals surface area (Å²) in [6, 6.07) is 5.46.